The van der Waals surface area contributed by atoms with E-state index in [0.29, 0.717) is 5.41 Å². The maximum absolute atomic E-state index is 14.4. The molecule has 0 saturated carbocycles. The van der Waals surface area contributed by atoms with Gasteiger partial charge in [-0.15, -0.1) is 0 Å². The maximum Gasteiger partial charge on any atom is 0.285 e. The van der Waals surface area contributed by atoms with Crippen molar-refractivity contribution in [3.05, 3.63) is 0 Å². The summed E-state index contributed by atoms with van der Waals surface area (Å²) in [6.07, 6.45) is 1.16. The largest absolute Gasteiger partial charge is 0.347 e. The number of piperidine rings is 1. The van der Waals surface area contributed by atoms with Crippen molar-refractivity contribution < 1.29 is 18.4 Å². The van der Waals surface area contributed by atoms with Crippen LogP contribution >= 0.6 is 0 Å². The molecule has 3 fully saturated rings. The van der Waals surface area contributed by atoms with Gasteiger partial charge in [-0.05, 0) is 26.4 Å². The molecule has 8 heteroatoms. The normalized spacial score (nSPS) is 28.4. The third-order valence-corrected chi connectivity index (χ3v) is 5.88. The van der Waals surface area contributed by atoms with Crippen LogP contribution in [0.25, 0.3) is 0 Å². The second-order valence-corrected chi connectivity index (χ2v) is 8.71. The molecular weight excluding hydrogens is 342 g/mol. The fourth-order valence-electron chi connectivity index (χ4n) is 4.48. The van der Waals surface area contributed by atoms with Crippen LogP contribution in [0.15, 0.2) is 0 Å². The molecule has 1 atom stereocenters. The molecule has 3 heterocycles. The highest BCUT2D eigenvalue weighted by Crippen LogP contribution is 2.38. The summed E-state index contributed by atoms with van der Waals surface area (Å²) in [5.74, 6) is -4.04. The number of carbonyl (C=O) groups excluding carboxylic acids is 2. The molecule has 0 aromatic rings. The monoisotopic (exact) mass is 372 g/mol. The fourth-order valence-corrected chi connectivity index (χ4v) is 4.48. The van der Waals surface area contributed by atoms with Crippen LogP contribution in [0.1, 0.15) is 26.7 Å². The van der Waals surface area contributed by atoms with Crippen LogP contribution in [0.5, 0.6) is 0 Å². The van der Waals surface area contributed by atoms with E-state index in [0.717, 1.165) is 32.6 Å². The minimum atomic E-state index is -3.10. The highest BCUT2D eigenvalue weighted by molar-refractivity contribution is 5.79. The molecule has 3 saturated heterocycles. The third kappa shape index (κ3) is 4.01. The van der Waals surface area contributed by atoms with Crippen molar-refractivity contribution in [3.8, 4) is 0 Å². The average molecular weight is 372 g/mol. The van der Waals surface area contributed by atoms with Crippen LogP contribution < -0.4 is 5.32 Å². The number of halogens is 2. The Bertz CT molecular complexity index is 563. The first kappa shape index (κ1) is 19.5. The van der Waals surface area contributed by atoms with Crippen LogP contribution in [0.3, 0.4) is 0 Å². The van der Waals surface area contributed by atoms with Gasteiger partial charge in [0.1, 0.15) is 0 Å². The highest BCUT2D eigenvalue weighted by atomic mass is 19.3. The van der Waals surface area contributed by atoms with Gasteiger partial charge in [-0.1, -0.05) is 13.8 Å². The van der Waals surface area contributed by atoms with Crippen LogP contribution in [0, 0.1) is 11.3 Å². The Morgan fingerprint density at radius 3 is 2.42 bits per heavy atom. The maximum atomic E-state index is 14.4. The Morgan fingerprint density at radius 2 is 1.85 bits per heavy atom. The van der Waals surface area contributed by atoms with Gasteiger partial charge in [-0.3, -0.25) is 14.5 Å². The van der Waals surface area contributed by atoms with Gasteiger partial charge in [0.25, 0.3) is 5.92 Å². The quantitative estimate of drug-likeness (QED) is 0.787. The molecule has 0 aromatic heterocycles. The number of rotatable bonds is 4. The Balaban J connectivity index is 1.50. The van der Waals surface area contributed by atoms with E-state index in [1.54, 1.807) is 13.8 Å². The minimum Gasteiger partial charge on any atom is -0.347 e. The summed E-state index contributed by atoms with van der Waals surface area (Å²) in [5.41, 5.74) is 0.299. The molecule has 0 aromatic carbocycles. The molecule has 1 N–H and O–H groups in total. The minimum absolute atomic E-state index is 0.0892. The van der Waals surface area contributed by atoms with Gasteiger partial charge in [0.05, 0.1) is 19.1 Å². The van der Waals surface area contributed by atoms with Crippen LogP contribution in [0.2, 0.25) is 0 Å². The van der Waals surface area contributed by atoms with E-state index in [1.165, 1.54) is 4.90 Å². The van der Waals surface area contributed by atoms with Crippen LogP contribution in [0.4, 0.5) is 8.78 Å². The zero-order valence-corrected chi connectivity index (χ0v) is 15.9. The molecule has 3 aliphatic heterocycles. The number of hydrogen-bond acceptors (Lipinski definition) is 4. The van der Waals surface area contributed by atoms with E-state index >= 15 is 0 Å². The number of carbonyl (C=O) groups is 2. The highest BCUT2D eigenvalue weighted by Gasteiger charge is 2.48. The Morgan fingerprint density at radius 1 is 1.15 bits per heavy atom. The van der Waals surface area contributed by atoms with Crippen molar-refractivity contribution in [3.63, 3.8) is 0 Å². The number of nitrogens with zero attached hydrogens (tertiary/aromatic N) is 3. The molecule has 0 bridgehead atoms. The Labute approximate surface area is 153 Å². The summed E-state index contributed by atoms with van der Waals surface area (Å²) < 4.78 is 28.8. The van der Waals surface area contributed by atoms with E-state index in [2.05, 4.69) is 22.2 Å². The summed E-state index contributed by atoms with van der Waals surface area (Å²) >= 11 is 0. The standard InChI is InChI=1S/C18H30F2N4O2/c1-13(2)16(26)21-14-4-6-24(12-18(14,19)20)15(25)8-23-7-5-17(11-23)9-22(3)10-17/h13-14H,4-12H2,1-3H3,(H,21,26). The van der Waals surface area contributed by atoms with E-state index in [9.17, 15) is 18.4 Å². The molecule has 6 nitrogen and oxygen atoms in total. The molecule has 1 unspecified atom stereocenters. The van der Waals surface area contributed by atoms with E-state index in [-0.39, 0.29) is 37.2 Å². The van der Waals surface area contributed by atoms with Crippen molar-refractivity contribution in [2.45, 2.75) is 38.7 Å². The Kier molecular flexibility index (Phi) is 5.27. The molecule has 2 amide bonds. The predicted molar refractivity (Wildman–Crippen MR) is 93.9 cm³/mol. The summed E-state index contributed by atoms with van der Waals surface area (Å²) in [4.78, 5) is 29.9. The number of nitrogens with one attached hydrogen (secondary N) is 1. The first-order valence-electron chi connectivity index (χ1n) is 9.47. The van der Waals surface area contributed by atoms with Gasteiger partial charge < -0.3 is 15.1 Å². The van der Waals surface area contributed by atoms with Gasteiger partial charge in [0.15, 0.2) is 0 Å². The average Bonchev–Trinajstić information content (AvgIpc) is 2.92. The first-order chi connectivity index (χ1) is 12.1. The molecule has 3 aliphatic rings. The first-order valence-corrected chi connectivity index (χ1v) is 9.47. The number of alkyl halides is 2. The van der Waals surface area contributed by atoms with Crippen molar-refractivity contribution in [2.75, 3.05) is 52.9 Å². The number of amides is 2. The third-order valence-electron chi connectivity index (χ3n) is 5.88. The lowest BCUT2D eigenvalue weighted by Gasteiger charge is -2.46. The lowest BCUT2D eigenvalue weighted by molar-refractivity contribution is -0.148. The summed E-state index contributed by atoms with van der Waals surface area (Å²) in [5, 5.41) is 2.43. The zero-order valence-electron chi connectivity index (χ0n) is 15.9. The lowest BCUT2D eigenvalue weighted by atomic mass is 9.79. The molecule has 0 aliphatic carbocycles. The molecule has 1 spiro atoms. The van der Waals surface area contributed by atoms with Crippen molar-refractivity contribution in [1.29, 1.82) is 0 Å². The zero-order chi connectivity index (χ0) is 19.1. The van der Waals surface area contributed by atoms with Gasteiger partial charge in [-0.25, -0.2) is 8.78 Å². The van der Waals surface area contributed by atoms with Crippen LogP contribution in [-0.2, 0) is 9.59 Å². The molecule has 26 heavy (non-hydrogen) atoms. The van der Waals surface area contributed by atoms with Crippen molar-refractivity contribution in [2.24, 2.45) is 11.3 Å². The molecule has 3 rings (SSSR count). The van der Waals surface area contributed by atoms with E-state index < -0.39 is 18.5 Å². The second-order valence-electron chi connectivity index (χ2n) is 8.71. The van der Waals surface area contributed by atoms with Crippen molar-refractivity contribution in [1.82, 2.24) is 20.0 Å². The summed E-state index contributed by atoms with van der Waals surface area (Å²) in [6.45, 7) is 7.05. The molecular formula is C18H30F2N4O2. The predicted octanol–water partition coefficient (Wildman–Crippen LogP) is 0.632. The second kappa shape index (κ2) is 7.03. The van der Waals surface area contributed by atoms with Crippen molar-refractivity contribution >= 4 is 11.8 Å². The summed E-state index contributed by atoms with van der Waals surface area (Å²) in [7, 11) is 2.09. The van der Waals surface area contributed by atoms with Gasteiger partial charge in [0, 0.05) is 37.5 Å². The van der Waals surface area contributed by atoms with Gasteiger partial charge in [0.2, 0.25) is 11.8 Å². The SMILES string of the molecule is CC(C)C(=O)NC1CCN(C(=O)CN2CCC3(CN(C)C3)C2)CC1(F)F. The van der Waals surface area contributed by atoms with Gasteiger partial charge in [-0.2, -0.15) is 0 Å². The number of hydrogen-bond donors (Lipinski definition) is 1. The van der Waals surface area contributed by atoms with E-state index in [4.69, 9.17) is 0 Å². The van der Waals surface area contributed by atoms with Gasteiger partial charge >= 0.3 is 0 Å². The lowest BCUT2D eigenvalue weighted by Crippen LogP contribution is -2.60. The summed E-state index contributed by atoms with van der Waals surface area (Å²) in [6, 6.07) is -1.19. The fraction of sp³-hybridized carbons (Fsp3) is 0.889. The van der Waals surface area contributed by atoms with E-state index in [1.807, 2.05) is 0 Å². The molecule has 148 valence electrons. The Hall–Kier alpha value is -1.28. The topological polar surface area (TPSA) is 55.9 Å². The molecule has 0 radical (unpaired) electrons. The number of likely N-dealkylation sites (tertiary alicyclic amines) is 3. The smallest absolute Gasteiger partial charge is 0.285 e. The van der Waals surface area contributed by atoms with Crippen LogP contribution in [-0.4, -0.2) is 91.3 Å².